The van der Waals surface area contributed by atoms with Crippen LogP contribution in [0.2, 0.25) is 0 Å². The topological polar surface area (TPSA) is 26.3 Å². The summed E-state index contributed by atoms with van der Waals surface area (Å²) in [6.07, 6.45) is 0. The van der Waals surface area contributed by atoms with Gasteiger partial charge in [0.1, 0.15) is 22.3 Å². The van der Waals surface area contributed by atoms with Gasteiger partial charge in [-0.15, -0.1) is 0 Å². The van der Waals surface area contributed by atoms with Crippen LogP contribution in [0.15, 0.2) is 179 Å². The van der Waals surface area contributed by atoms with Crippen LogP contribution in [-0.2, 0) is 5.41 Å². The van der Waals surface area contributed by atoms with Gasteiger partial charge in [-0.2, -0.15) is 0 Å². The molecule has 0 N–H and O–H groups in total. The van der Waals surface area contributed by atoms with Crippen LogP contribution >= 0.6 is 0 Å². The molecule has 2 nitrogen and oxygen atoms in total. The van der Waals surface area contributed by atoms with E-state index in [1.807, 2.05) is 12.1 Å². The van der Waals surface area contributed by atoms with Crippen molar-refractivity contribution in [1.82, 2.24) is 0 Å². The molecular formula is C53H34O2. The summed E-state index contributed by atoms with van der Waals surface area (Å²) in [6.45, 7) is 4.72. The van der Waals surface area contributed by atoms with Gasteiger partial charge in [-0.05, 0) is 84.3 Å². The zero-order valence-corrected chi connectivity index (χ0v) is 30.5. The molecule has 0 aliphatic heterocycles. The van der Waals surface area contributed by atoms with Gasteiger partial charge in [0.2, 0.25) is 0 Å². The van der Waals surface area contributed by atoms with Gasteiger partial charge >= 0.3 is 0 Å². The van der Waals surface area contributed by atoms with Gasteiger partial charge < -0.3 is 8.83 Å². The van der Waals surface area contributed by atoms with Crippen LogP contribution < -0.4 is 0 Å². The zero-order chi connectivity index (χ0) is 36.4. The lowest BCUT2D eigenvalue weighted by molar-refractivity contribution is 0.660. The van der Waals surface area contributed by atoms with Gasteiger partial charge in [0, 0.05) is 38.1 Å². The number of fused-ring (bicyclic) bond motifs is 11. The molecule has 0 saturated carbocycles. The highest BCUT2D eigenvalue weighted by Gasteiger charge is 2.37. The summed E-state index contributed by atoms with van der Waals surface area (Å²) in [7, 11) is 0. The fraction of sp³-hybridized carbons (Fsp3) is 0.0566. The molecule has 2 heteroatoms. The number of furan rings is 2. The average Bonchev–Trinajstić information content (AvgIpc) is 3.88. The Morgan fingerprint density at radius 3 is 1.33 bits per heavy atom. The first-order chi connectivity index (χ1) is 27.1. The Morgan fingerprint density at radius 2 is 0.727 bits per heavy atom. The fourth-order valence-corrected chi connectivity index (χ4v) is 9.81. The van der Waals surface area contributed by atoms with E-state index in [1.165, 1.54) is 54.9 Å². The molecule has 0 radical (unpaired) electrons. The van der Waals surface area contributed by atoms with Crippen LogP contribution in [0, 0.1) is 0 Å². The number of hydrogen-bond donors (Lipinski definition) is 0. The molecule has 2 aromatic heterocycles. The molecule has 0 saturated heterocycles. The van der Waals surface area contributed by atoms with Crippen molar-refractivity contribution in [2.75, 3.05) is 0 Å². The quantitative estimate of drug-likeness (QED) is 0.171. The van der Waals surface area contributed by atoms with Crippen LogP contribution in [0.4, 0.5) is 0 Å². The van der Waals surface area contributed by atoms with Gasteiger partial charge in [0.15, 0.2) is 0 Å². The third-order valence-electron chi connectivity index (χ3n) is 12.3. The average molecular weight is 703 g/mol. The van der Waals surface area contributed by atoms with E-state index in [-0.39, 0.29) is 5.41 Å². The van der Waals surface area contributed by atoms with Crippen LogP contribution in [0.25, 0.3) is 110 Å². The molecule has 258 valence electrons. The fourth-order valence-electron chi connectivity index (χ4n) is 9.81. The van der Waals surface area contributed by atoms with Crippen LogP contribution in [-0.4, -0.2) is 0 Å². The predicted octanol–water partition coefficient (Wildman–Crippen LogP) is 15.1. The Balaban J connectivity index is 1.24. The van der Waals surface area contributed by atoms with E-state index in [0.717, 1.165) is 66.1 Å². The monoisotopic (exact) mass is 702 g/mol. The van der Waals surface area contributed by atoms with Crippen molar-refractivity contribution in [3.05, 3.63) is 181 Å². The molecule has 55 heavy (non-hydrogen) atoms. The first-order valence-electron chi connectivity index (χ1n) is 19.1. The standard InChI is InChI=1S/C53H34O2/c1-53(2)45-26-6-3-16-41(45)50-42(25-13-27-46(50)53)49-35-19-9-17-31(37-21-11-23-39-33-14-4-7-28-47(33)54-51(37)39)43(35)30-44-32(18-10-20-36(44)49)38-22-12-24-40-34-15-5-8-29-48(34)55-52(38)40/h3-30H,1-2H3. The third kappa shape index (κ3) is 4.14. The van der Waals surface area contributed by atoms with Crippen LogP contribution in [0.5, 0.6) is 0 Å². The molecular weight excluding hydrogens is 669 g/mol. The SMILES string of the molecule is CC1(C)c2ccccc2-c2c(-c3c4cccc(-c5cccc6c5oc5ccccc56)c4cc4c(-c5cccc6c5oc5ccccc56)cccc34)cccc21. The van der Waals surface area contributed by atoms with Crippen molar-refractivity contribution in [1.29, 1.82) is 0 Å². The van der Waals surface area contributed by atoms with Crippen molar-refractivity contribution in [3.8, 4) is 44.5 Å². The number of benzene rings is 9. The minimum Gasteiger partial charge on any atom is -0.455 e. The summed E-state index contributed by atoms with van der Waals surface area (Å²) in [6, 6.07) is 61.7. The highest BCUT2D eigenvalue weighted by Crippen LogP contribution is 2.54. The molecule has 2 heterocycles. The minimum absolute atomic E-state index is 0.119. The highest BCUT2D eigenvalue weighted by atomic mass is 16.3. The van der Waals surface area contributed by atoms with E-state index in [2.05, 4.69) is 172 Å². The van der Waals surface area contributed by atoms with Gasteiger partial charge in [0.05, 0.1) is 0 Å². The Bertz CT molecular complexity index is 3240. The summed E-state index contributed by atoms with van der Waals surface area (Å²) in [4.78, 5) is 0. The van der Waals surface area contributed by atoms with E-state index in [0.29, 0.717) is 0 Å². The number of hydrogen-bond acceptors (Lipinski definition) is 2. The lowest BCUT2D eigenvalue weighted by Crippen LogP contribution is -2.14. The summed E-state index contributed by atoms with van der Waals surface area (Å²) in [5.41, 5.74) is 15.9. The minimum atomic E-state index is -0.119. The Kier molecular flexibility index (Phi) is 6.15. The first-order valence-corrected chi connectivity index (χ1v) is 19.1. The predicted molar refractivity (Wildman–Crippen MR) is 230 cm³/mol. The van der Waals surface area contributed by atoms with E-state index in [4.69, 9.17) is 8.83 Å². The lowest BCUT2D eigenvalue weighted by Gasteiger charge is -2.22. The van der Waals surface area contributed by atoms with Crippen molar-refractivity contribution >= 4 is 65.4 Å². The summed E-state index contributed by atoms with van der Waals surface area (Å²) in [5.74, 6) is 0. The number of rotatable bonds is 3. The van der Waals surface area contributed by atoms with Crippen molar-refractivity contribution in [2.45, 2.75) is 19.3 Å². The zero-order valence-electron chi connectivity index (χ0n) is 30.5. The summed E-state index contributed by atoms with van der Waals surface area (Å²) < 4.78 is 13.3. The second-order valence-electron chi connectivity index (χ2n) is 15.5. The Morgan fingerprint density at radius 1 is 0.309 bits per heavy atom. The molecule has 1 aliphatic rings. The second kappa shape index (κ2) is 11.1. The lowest BCUT2D eigenvalue weighted by atomic mass is 9.81. The molecule has 0 atom stereocenters. The molecule has 0 spiro atoms. The van der Waals surface area contributed by atoms with Crippen molar-refractivity contribution < 1.29 is 8.83 Å². The smallest absolute Gasteiger partial charge is 0.143 e. The maximum atomic E-state index is 6.67. The molecule has 0 fully saturated rings. The molecule has 11 aromatic rings. The van der Waals surface area contributed by atoms with Gasteiger partial charge in [-0.3, -0.25) is 0 Å². The highest BCUT2D eigenvalue weighted by molar-refractivity contribution is 6.23. The van der Waals surface area contributed by atoms with Crippen molar-refractivity contribution in [2.24, 2.45) is 0 Å². The first kappa shape index (κ1) is 30.6. The van der Waals surface area contributed by atoms with Crippen LogP contribution in [0.3, 0.4) is 0 Å². The van der Waals surface area contributed by atoms with Gasteiger partial charge in [-0.25, -0.2) is 0 Å². The molecule has 12 rings (SSSR count). The van der Waals surface area contributed by atoms with Gasteiger partial charge in [-0.1, -0.05) is 166 Å². The maximum absolute atomic E-state index is 6.67. The number of para-hydroxylation sites is 4. The largest absolute Gasteiger partial charge is 0.455 e. The molecule has 0 unspecified atom stereocenters. The van der Waals surface area contributed by atoms with Gasteiger partial charge in [0.25, 0.3) is 0 Å². The normalized spacial score (nSPS) is 13.4. The molecule has 0 amide bonds. The van der Waals surface area contributed by atoms with Crippen LogP contribution in [0.1, 0.15) is 25.0 Å². The molecule has 0 bridgehead atoms. The summed E-state index contributed by atoms with van der Waals surface area (Å²) in [5, 5.41) is 9.32. The van der Waals surface area contributed by atoms with E-state index >= 15 is 0 Å². The Hall–Kier alpha value is -6.90. The molecule has 1 aliphatic carbocycles. The van der Waals surface area contributed by atoms with E-state index in [9.17, 15) is 0 Å². The van der Waals surface area contributed by atoms with Crippen molar-refractivity contribution in [3.63, 3.8) is 0 Å². The summed E-state index contributed by atoms with van der Waals surface area (Å²) >= 11 is 0. The Labute approximate surface area is 317 Å². The maximum Gasteiger partial charge on any atom is 0.143 e. The van der Waals surface area contributed by atoms with E-state index < -0.39 is 0 Å². The van der Waals surface area contributed by atoms with E-state index in [1.54, 1.807) is 0 Å². The second-order valence-corrected chi connectivity index (χ2v) is 15.5. The molecule has 9 aromatic carbocycles. The third-order valence-corrected chi connectivity index (χ3v) is 12.3.